The van der Waals surface area contributed by atoms with Crippen molar-refractivity contribution in [2.45, 2.75) is 20.8 Å². The Morgan fingerprint density at radius 1 is 1.00 bits per heavy atom. The molecule has 5 heteroatoms. The van der Waals surface area contributed by atoms with Crippen molar-refractivity contribution >= 4 is 23.5 Å². The highest BCUT2D eigenvalue weighted by Gasteiger charge is 2.22. The van der Waals surface area contributed by atoms with E-state index in [2.05, 4.69) is 5.32 Å². The van der Waals surface area contributed by atoms with Gasteiger partial charge in [-0.15, -0.1) is 0 Å². The van der Waals surface area contributed by atoms with Crippen LogP contribution in [0.2, 0.25) is 5.02 Å². The van der Waals surface area contributed by atoms with Crippen LogP contribution >= 0.6 is 11.6 Å². The molecule has 1 amide bonds. The smallest absolute Gasteiger partial charge is 0.338 e. The van der Waals surface area contributed by atoms with Crippen molar-refractivity contribution in [3.8, 4) is 0 Å². The van der Waals surface area contributed by atoms with Gasteiger partial charge in [0.05, 0.1) is 12.2 Å². The maximum Gasteiger partial charge on any atom is 0.338 e. The van der Waals surface area contributed by atoms with Crippen molar-refractivity contribution in [1.82, 2.24) is 5.32 Å². The highest BCUT2D eigenvalue weighted by atomic mass is 35.5. The summed E-state index contributed by atoms with van der Waals surface area (Å²) in [4.78, 5) is 24.2. The van der Waals surface area contributed by atoms with Crippen LogP contribution in [0.1, 0.15) is 40.1 Å². The summed E-state index contributed by atoms with van der Waals surface area (Å²) < 4.78 is 5.38. The Morgan fingerprint density at radius 2 is 1.56 bits per heavy atom. The molecule has 0 aliphatic carbocycles. The largest absolute Gasteiger partial charge is 0.461 e. The minimum absolute atomic E-state index is 0.186. The second-order valence-corrected chi connectivity index (χ2v) is 7.23. The minimum Gasteiger partial charge on any atom is -0.461 e. The number of hydrogen-bond acceptors (Lipinski definition) is 3. The van der Waals surface area contributed by atoms with E-state index in [1.165, 1.54) is 0 Å². The van der Waals surface area contributed by atoms with Crippen molar-refractivity contribution in [3.63, 3.8) is 0 Å². The number of hydrogen-bond donors (Lipinski definition) is 1. The molecule has 2 rings (SSSR count). The van der Waals surface area contributed by atoms with Crippen molar-refractivity contribution in [1.29, 1.82) is 0 Å². The second-order valence-electron chi connectivity index (χ2n) is 6.80. The first-order valence-electron chi connectivity index (χ1n) is 8.04. The van der Waals surface area contributed by atoms with Crippen LogP contribution in [0.3, 0.4) is 0 Å². The van der Waals surface area contributed by atoms with E-state index in [1.54, 1.807) is 36.4 Å². The molecule has 0 aromatic heterocycles. The molecular formula is C20H22ClNO3. The van der Waals surface area contributed by atoms with E-state index in [0.717, 1.165) is 5.56 Å². The molecule has 0 saturated carbocycles. The van der Waals surface area contributed by atoms with Crippen molar-refractivity contribution in [3.05, 3.63) is 70.2 Å². The summed E-state index contributed by atoms with van der Waals surface area (Å²) in [5.41, 5.74) is 1.76. The number of esters is 1. The summed E-state index contributed by atoms with van der Waals surface area (Å²) in [5.74, 6) is -0.549. The molecule has 2 aromatic rings. The second kappa shape index (κ2) is 8.17. The van der Waals surface area contributed by atoms with E-state index in [1.807, 2.05) is 32.9 Å². The zero-order valence-corrected chi connectivity index (χ0v) is 15.4. The molecule has 0 radical (unpaired) electrons. The first-order valence-corrected chi connectivity index (χ1v) is 8.42. The number of rotatable bonds is 6. The number of benzene rings is 2. The third-order valence-corrected chi connectivity index (χ3v) is 3.97. The van der Waals surface area contributed by atoms with E-state index in [0.29, 0.717) is 22.7 Å². The molecule has 0 aliphatic heterocycles. The van der Waals surface area contributed by atoms with Gasteiger partial charge in [0.15, 0.2) is 0 Å². The summed E-state index contributed by atoms with van der Waals surface area (Å²) >= 11 is 5.82. The minimum atomic E-state index is -0.386. The lowest BCUT2D eigenvalue weighted by Crippen LogP contribution is -2.37. The summed E-state index contributed by atoms with van der Waals surface area (Å²) in [5, 5.41) is 3.44. The maximum atomic E-state index is 12.1. The molecule has 0 unspecified atom stereocenters. The highest BCUT2D eigenvalue weighted by Crippen LogP contribution is 2.16. The van der Waals surface area contributed by atoms with Crippen LogP contribution in [0, 0.1) is 12.3 Å². The Labute approximate surface area is 153 Å². The average Bonchev–Trinajstić information content (AvgIpc) is 2.59. The number of nitrogens with one attached hydrogen (secondary N) is 1. The highest BCUT2D eigenvalue weighted by molar-refractivity contribution is 6.30. The number of amides is 1. The summed E-state index contributed by atoms with van der Waals surface area (Å²) in [6.07, 6.45) is 0. The van der Waals surface area contributed by atoms with Crippen LogP contribution < -0.4 is 5.32 Å². The van der Waals surface area contributed by atoms with Gasteiger partial charge in [-0.1, -0.05) is 43.1 Å². The summed E-state index contributed by atoms with van der Waals surface area (Å²) in [7, 11) is 0. The first kappa shape index (κ1) is 19.0. The number of halogens is 1. The van der Waals surface area contributed by atoms with Crippen LogP contribution in [-0.2, 0) is 4.74 Å². The molecule has 1 N–H and O–H groups in total. The third kappa shape index (κ3) is 5.91. The van der Waals surface area contributed by atoms with Crippen molar-refractivity contribution in [2.75, 3.05) is 13.2 Å². The SMILES string of the molecule is Cc1ccc(C(=O)OCC(C)(C)CNC(=O)c2ccc(Cl)cc2)cc1. The monoisotopic (exact) mass is 359 g/mol. The van der Waals surface area contributed by atoms with E-state index < -0.39 is 0 Å². The van der Waals surface area contributed by atoms with Crippen LogP contribution in [-0.4, -0.2) is 25.0 Å². The zero-order chi connectivity index (χ0) is 18.4. The van der Waals surface area contributed by atoms with E-state index in [9.17, 15) is 9.59 Å². The fourth-order valence-electron chi connectivity index (χ4n) is 2.11. The average molecular weight is 360 g/mol. The zero-order valence-electron chi connectivity index (χ0n) is 14.6. The molecule has 0 saturated heterocycles. The predicted molar refractivity (Wildman–Crippen MR) is 99.0 cm³/mol. The number of carbonyl (C=O) groups is 2. The lowest BCUT2D eigenvalue weighted by Gasteiger charge is -2.24. The Kier molecular flexibility index (Phi) is 6.21. The number of aryl methyl sites for hydroxylation is 1. The third-order valence-electron chi connectivity index (χ3n) is 3.72. The van der Waals surface area contributed by atoms with Gasteiger partial charge in [-0.05, 0) is 43.3 Å². The first-order chi connectivity index (χ1) is 11.8. The van der Waals surface area contributed by atoms with E-state index in [-0.39, 0.29) is 23.9 Å². The van der Waals surface area contributed by atoms with Gasteiger partial charge in [-0.25, -0.2) is 4.79 Å². The Morgan fingerprint density at radius 3 is 2.16 bits per heavy atom. The van der Waals surface area contributed by atoms with Gasteiger partial charge in [0.25, 0.3) is 5.91 Å². The summed E-state index contributed by atoms with van der Waals surface area (Å²) in [6, 6.07) is 13.9. The fraction of sp³-hybridized carbons (Fsp3) is 0.300. The van der Waals surface area contributed by atoms with Gasteiger partial charge in [0, 0.05) is 22.5 Å². The van der Waals surface area contributed by atoms with Crippen LogP contribution in [0.5, 0.6) is 0 Å². The summed E-state index contributed by atoms with van der Waals surface area (Å²) in [6.45, 7) is 6.41. The molecule has 0 atom stereocenters. The normalized spacial score (nSPS) is 11.0. The van der Waals surface area contributed by atoms with Gasteiger partial charge in [0.2, 0.25) is 0 Å². The fourth-order valence-corrected chi connectivity index (χ4v) is 2.23. The van der Waals surface area contributed by atoms with Gasteiger partial charge >= 0.3 is 5.97 Å². The van der Waals surface area contributed by atoms with E-state index in [4.69, 9.17) is 16.3 Å². The van der Waals surface area contributed by atoms with Crippen molar-refractivity contribution in [2.24, 2.45) is 5.41 Å². The Balaban J connectivity index is 1.84. The molecule has 132 valence electrons. The van der Waals surface area contributed by atoms with Crippen LogP contribution in [0.15, 0.2) is 48.5 Å². The predicted octanol–water partition coefficient (Wildman–Crippen LogP) is 4.26. The molecule has 0 fully saturated rings. The van der Waals surface area contributed by atoms with Gasteiger partial charge in [-0.3, -0.25) is 4.79 Å². The molecule has 4 nitrogen and oxygen atoms in total. The van der Waals surface area contributed by atoms with Gasteiger partial charge in [-0.2, -0.15) is 0 Å². The molecule has 25 heavy (non-hydrogen) atoms. The lowest BCUT2D eigenvalue weighted by molar-refractivity contribution is 0.0341. The molecule has 2 aromatic carbocycles. The van der Waals surface area contributed by atoms with Gasteiger partial charge in [0.1, 0.15) is 0 Å². The maximum absolute atomic E-state index is 12.1. The molecular weight excluding hydrogens is 338 g/mol. The van der Waals surface area contributed by atoms with Crippen LogP contribution in [0.4, 0.5) is 0 Å². The molecule has 0 aliphatic rings. The number of carbonyl (C=O) groups excluding carboxylic acids is 2. The standard InChI is InChI=1S/C20H22ClNO3/c1-14-4-6-16(7-5-14)19(24)25-13-20(2,3)12-22-18(23)15-8-10-17(21)11-9-15/h4-11H,12-13H2,1-3H3,(H,22,23). The molecule has 0 bridgehead atoms. The molecule has 0 spiro atoms. The lowest BCUT2D eigenvalue weighted by atomic mass is 9.94. The van der Waals surface area contributed by atoms with Crippen LogP contribution in [0.25, 0.3) is 0 Å². The van der Waals surface area contributed by atoms with E-state index >= 15 is 0 Å². The quantitative estimate of drug-likeness (QED) is 0.784. The van der Waals surface area contributed by atoms with Crippen molar-refractivity contribution < 1.29 is 14.3 Å². The Bertz CT molecular complexity index is 673. The van der Waals surface area contributed by atoms with Gasteiger partial charge < -0.3 is 10.1 Å². The molecule has 0 heterocycles. The number of ether oxygens (including phenoxy) is 1. The Hall–Kier alpha value is -2.33. The topological polar surface area (TPSA) is 55.4 Å².